The molecule has 2 aliphatic rings. The molecule has 1 aromatic rings. The Bertz CT molecular complexity index is 506. The van der Waals surface area contributed by atoms with Gasteiger partial charge in [0, 0.05) is 23.1 Å². The maximum atomic E-state index is 11.8. The van der Waals surface area contributed by atoms with Crippen LogP contribution in [0.4, 0.5) is 0 Å². The molecule has 0 bridgehead atoms. The third-order valence-electron chi connectivity index (χ3n) is 3.73. The molecule has 100 valence electrons. The summed E-state index contributed by atoms with van der Waals surface area (Å²) in [5.41, 5.74) is 1.30. The minimum Gasteiger partial charge on any atom is -0.480 e. The van der Waals surface area contributed by atoms with E-state index in [9.17, 15) is 9.59 Å². The smallest absolute Gasteiger partial charge is 0.326 e. The third kappa shape index (κ3) is 2.34. The van der Waals surface area contributed by atoms with Crippen molar-refractivity contribution >= 4 is 23.6 Å². The Hall–Kier alpha value is -1.49. The molecule has 2 atom stereocenters. The fraction of sp³-hybridized carbons (Fsp3) is 0.429. The molecule has 1 aromatic carbocycles. The van der Waals surface area contributed by atoms with E-state index in [0.29, 0.717) is 19.4 Å². The van der Waals surface area contributed by atoms with Crippen molar-refractivity contribution in [3.8, 4) is 0 Å². The number of aliphatic carboxylic acids is 1. The van der Waals surface area contributed by atoms with Crippen LogP contribution in [0.25, 0.3) is 0 Å². The Balaban J connectivity index is 1.70. The second kappa shape index (κ2) is 4.89. The van der Waals surface area contributed by atoms with Gasteiger partial charge in [0.25, 0.3) is 0 Å². The van der Waals surface area contributed by atoms with E-state index in [0.717, 1.165) is 6.42 Å². The number of carbonyl (C=O) groups excluding carboxylic acids is 1. The Morgan fingerprint density at radius 3 is 2.95 bits per heavy atom. The first-order chi connectivity index (χ1) is 9.15. The summed E-state index contributed by atoms with van der Waals surface area (Å²) in [6.45, 7) is 0.537. The van der Waals surface area contributed by atoms with Crippen molar-refractivity contribution in [1.82, 2.24) is 4.90 Å². The van der Waals surface area contributed by atoms with E-state index in [-0.39, 0.29) is 11.2 Å². The standard InChI is InChI=1S/C14H15NO3S/c16-13-6-5-11(14(17)18)15(13)8-10-7-9-3-1-2-4-12(9)19-10/h1-4,10-11H,5-8H2,(H,17,18). The lowest BCUT2D eigenvalue weighted by molar-refractivity contribution is -0.146. The lowest BCUT2D eigenvalue weighted by atomic mass is 10.1. The molecule has 1 N–H and O–H groups in total. The predicted molar refractivity (Wildman–Crippen MR) is 72.2 cm³/mol. The number of rotatable bonds is 3. The van der Waals surface area contributed by atoms with Crippen molar-refractivity contribution in [3.63, 3.8) is 0 Å². The maximum absolute atomic E-state index is 11.8. The summed E-state index contributed by atoms with van der Waals surface area (Å²) in [4.78, 5) is 25.8. The zero-order chi connectivity index (χ0) is 13.4. The second-order valence-corrected chi connectivity index (χ2v) is 6.33. The molecule has 0 spiro atoms. The monoisotopic (exact) mass is 277 g/mol. The van der Waals surface area contributed by atoms with Crippen LogP contribution in [0.15, 0.2) is 29.2 Å². The fourth-order valence-corrected chi connectivity index (χ4v) is 4.11. The van der Waals surface area contributed by atoms with Crippen molar-refractivity contribution in [2.45, 2.75) is 35.4 Å². The minimum atomic E-state index is -0.883. The van der Waals surface area contributed by atoms with Crippen LogP contribution >= 0.6 is 11.8 Å². The Kier molecular flexibility index (Phi) is 3.22. The number of carboxylic acids is 1. The molecule has 1 fully saturated rings. The largest absolute Gasteiger partial charge is 0.480 e. The van der Waals surface area contributed by atoms with Gasteiger partial charge >= 0.3 is 5.97 Å². The van der Waals surface area contributed by atoms with E-state index < -0.39 is 12.0 Å². The highest BCUT2D eigenvalue weighted by Crippen LogP contribution is 2.38. The normalized spacial score (nSPS) is 25.7. The lowest BCUT2D eigenvalue weighted by Gasteiger charge is -2.24. The van der Waals surface area contributed by atoms with Crippen molar-refractivity contribution in [2.24, 2.45) is 0 Å². The van der Waals surface area contributed by atoms with E-state index >= 15 is 0 Å². The van der Waals surface area contributed by atoms with Crippen LogP contribution in [0, 0.1) is 0 Å². The summed E-state index contributed by atoms with van der Waals surface area (Å²) in [6, 6.07) is 7.58. The predicted octanol–water partition coefficient (Wildman–Crippen LogP) is 1.78. The van der Waals surface area contributed by atoms with Gasteiger partial charge in [0.15, 0.2) is 0 Å². The molecule has 1 saturated heterocycles. The van der Waals surface area contributed by atoms with Crippen LogP contribution in [0.2, 0.25) is 0 Å². The van der Waals surface area contributed by atoms with Crippen molar-refractivity contribution < 1.29 is 14.7 Å². The van der Waals surface area contributed by atoms with E-state index in [2.05, 4.69) is 12.1 Å². The first-order valence-corrected chi connectivity index (χ1v) is 7.30. The average molecular weight is 277 g/mol. The summed E-state index contributed by atoms with van der Waals surface area (Å²) in [6.07, 6.45) is 1.72. The van der Waals surface area contributed by atoms with Crippen LogP contribution in [0.5, 0.6) is 0 Å². The Morgan fingerprint density at radius 2 is 2.21 bits per heavy atom. The topological polar surface area (TPSA) is 57.6 Å². The molecule has 0 aliphatic carbocycles. The van der Waals surface area contributed by atoms with Gasteiger partial charge < -0.3 is 10.0 Å². The van der Waals surface area contributed by atoms with Gasteiger partial charge in [0.2, 0.25) is 5.91 Å². The molecular formula is C14H15NO3S. The number of hydrogen-bond acceptors (Lipinski definition) is 3. The van der Waals surface area contributed by atoms with E-state index in [1.54, 1.807) is 16.7 Å². The van der Waals surface area contributed by atoms with Gasteiger partial charge in [-0.25, -0.2) is 4.79 Å². The quantitative estimate of drug-likeness (QED) is 0.915. The van der Waals surface area contributed by atoms with Crippen LogP contribution < -0.4 is 0 Å². The van der Waals surface area contributed by atoms with Gasteiger partial charge in [-0.05, 0) is 24.5 Å². The first kappa shape index (κ1) is 12.5. The number of benzene rings is 1. The zero-order valence-corrected chi connectivity index (χ0v) is 11.2. The van der Waals surface area contributed by atoms with E-state index in [1.807, 2.05) is 12.1 Å². The molecule has 1 amide bonds. The number of carboxylic acid groups (broad SMARTS) is 1. The second-order valence-electron chi connectivity index (χ2n) is 4.99. The molecule has 19 heavy (non-hydrogen) atoms. The van der Waals surface area contributed by atoms with Crippen molar-refractivity contribution in [1.29, 1.82) is 0 Å². The van der Waals surface area contributed by atoms with Crippen LogP contribution in [-0.4, -0.2) is 39.7 Å². The highest BCUT2D eigenvalue weighted by Gasteiger charge is 2.38. The number of hydrogen-bond donors (Lipinski definition) is 1. The Morgan fingerprint density at radius 1 is 1.42 bits per heavy atom. The van der Waals surface area contributed by atoms with Crippen LogP contribution in [0.1, 0.15) is 18.4 Å². The summed E-state index contributed by atoms with van der Waals surface area (Å²) < 4.78 is 0. The Labute approximate surface area is 115 Å². The maximum Gasteiger partial charge on any atom is 0.326 e. The van der Waals surface area contributed by atoms with Gasteiger partial charge in [-0.3, -0.25) is 4.79 Å². The van der Waals surface area contributed by atoms with Gasteiger partial charge in [-0.15, -0.1) is 11.8 Å². The SMILES string of the molecule is O=C(O)C1CCC(=O)N1CC1Cc2ccccc2S1. The number of carbonyl (C=O) groups is 2. The number of nitrogens with zero attached hydrogens (tertiary/aromatic N) is 1. The number of fused-ring (bicyclic) bond motifs is 1. The van der Waals surface area contributed by atoms with Crippen molar-refractivity contribution in [2.75, 3.05) is 6.54 Å². The highest BCUT2D eigenvalue weighted by molar-refractivity contribution is 8.00. The molecular weight excluding hydrogens is 262 g/mol. The molecule has 2 unspecified atom stereocenters. The van der Waals surface area contributed by atoms with Gasteiger partial charge in [0.1, 0.15) is 6.04 Å². The van der Waals surface area contributed by atoms with Gasteiger partial charge in [-0.1, -0.05) is 18.2 Å². The van der Waals surface area contributed by atoms with Crippen molar-refractivity contribution in [3.05, 3.63) is 29.8 Å². The van der Waals surface area contributed by atoms with E-state index in [4.69, 9.17) is 5.11 Å². The molecule has 5 heteroatoms. The highest BCUT2D eigenvalue weighted by atomic mass is 32.2. The number of likely N-dealkylation sites (tertiary alicyclic amines) is 1. The molecule has 0 saturated carbocycles. The molecule has 0 aromatic heterocycles. The zero-order valence-electron chi connectivity index (χ0n) is 10.4. The number of thioether (sulfide) groups is 1. The molecule has 3 rings (SSSR count). The number of amides is 1. The molecule has 4 nitrogen and oxygen atoms in total. The van der Waals surface area contributed by atoms with Gasteiger partial charge in [-0.2, -0.15) is 0 Å². The van der Waals surface area contributed by atoms with Crippen LogP contribution in [-0.2, 0) is 16.0 Å². The van der Waals surface area contributed by atoms with E-state index in [1.165, 1.54) is 10.5 Å². The summed E-state index contributed by atoms with van der Waals surface area (Å²) in [5.74, 6) is -0.907. The van der Waals surface area contributed by atoms with Crippen LogP contribution in [0.3, 0.4) is 0 Å². The summed E-state index contributed by atoms with van der Waals surface area (Å²) in [7, 11) is 0. The average Bonchev–Trinajstić information content (AvgIpc) is 2.94. The summed E-state index contributed by atoms with van der Waals surface area (Å²) >= 11 is 1.75. The molecule has 2 aliphatic heterocycles. The van der Waals surface area contributed by atoms with Gasteiger partial charge in [0.05, 0.1) is 0 Å². The third-order valence-corrected chi connectivity index (χ3v) is 5.03. The summed E-state index contributed by atoms with van der Waals surface area (Å²) in [5, 5.41) is 9.43. The first-order valence-electron chi connectivity index (χ1n) is 6.42. The fourth-order valence-electron chi connectivity index (χ4n) is 2.79. The lowest BCUT2D eigenvalue weighted by Crippen LogP contribution is -2.42. The molecule has 2 heterocycles. The minimum absolute atomic E-state index is 0.0241. The molecule has 0 radical (unpaired) electrons.